The van der Waals surface area contributed by atoms with Gasteiger partial charge in [-0.2, -0.15) is 0 Å². The Bertz CT molecular complexity index is 453. The zero-order chi connectivity index (χ0) is 13.1. The number of nitrogens with zero attached hydrogens (tertiary/aromatic N) is 2. The first-order valence-electron chi connectivity index (χ1n) is 5.95. The summed E-state index contributed by atoms with van der Waals surface area (Å²) in [6.07, 6.45) is 0. The van der Waals surface area contributed by atoms with E-state index < -0.39 is 0 Å². The first-order chi connectivity index (χ1) is 8.56. The molecule has 0 aliphatic carbocycles. The van der Waals surface area contributed by atoms with Crippen LogP contribution in [0.15, 0.2) is 18.2 Å². The second kappa shape index (κ2) is 5.65. The minimum Gasteiger partial charge on any atom is -0.312 e. The van der Waals surface area contributed by atoms with E-state index in [1.807, 2.05) is 0 Å². The van der Waals surface area contributed by atoms with Crippen LogP contribution in [-0.4, -0.2) is 35.5 Å². The molecule has 1 aromatic rings. The Hall–Kier alpha value is -1.17. The van der Waals surface area contributed by atoms with E-state index in [-0.39, 0.29) is 10.6 Å². The van der Waals surface area contributed by atoms with E-state index in [1.54, 1.807) is 12.1 Å². The topological polar surface area (TPSA) is 58.4 Å². The van der Waals surface area contributed by atoms with Crippen LogP contribution >= 0.6 is 11.6 Å². The summed E-state index contributed by atoms with van der Waals surface area (Å²) < 4.78 is 0. The van der Waals surface area contributed by atoms with Gasteiger partial charge in [-0.05, 0) is 19.1 Å². The van der Waals surface area contributed by atoms with Gasteiger partial charge in [0.2, 0.25) is 0 Å². The molecule has 5 nitrogen and oxygen atoms in total. The van der Waals surface area contributed by atoms with Crippen LogP contribution in [0, 0.1) is 10.1 Å². The van der Waals surface area contributed by atoms with Gasteiger partial charge in [0.05, 0.1) is 4.92 Å². The number of nitro benzene ring substituents is 1. The Morgan fingerprint density at radius 1 is 1.61 bits per heavy atom. The van der Waals surface area contributed by atoms with Crippen LogP contribution in [-0.2, 0) is 6.54 Å². The third kappa shape index (κ3) is 3.19. The van der Waals surface area contributed by atoms with Crippen molar-refractivity contribution in [1.82, 2.24) is 10.2 Å². The summed E-state index contributed by atoms with van der Waals surface area (Å²) in [5.74, 6) is 0. The van der Waals surface area contributed by atoms with E-state index in [9.17, 15) is 10.1 Å². The third-order valence-electron chi connectivity index (χ3n) is 3.09. The Kier molecular flexibility index (Phi) is 4.16. The lowest BCUT2D eigenvalue weighted by molar-refractivity contribution is -0.385. The van der Waals surface area contributed by atoms with Crippen LogP contribution in [0.4, 0.5) is 5.69 Å². The van der Waals surface area contributed by atoms with Crippen molar-refractivity contribution in [2.45, 2.75) is 19.5 Å². The fourth-order valence-electron chi connectivity index (χ4n) is 2.24. The van der Waals surface area contributed by atoms with E-state index in [4.69, 9.17) is 11.6 Å². The molecule has 1 aromatic carbocycles. The molecule has 1 aliphatic rings. The van der Waals surface area contributed by atoms with Crippen molar-refractivity contribution in [3.8, 4) is 0 Å². The van der Waals surface area contributed by atoms with Crippen molar-refractivity contribution >= 4 is 17.3 Å². The van der Waals surface area contributed by atoms with E-state index in [2.05, 4.69) is 17.1 Å². The van der Waals surface area contributed by atoms with Gasteiger partial charge in [0, 0.05) is 48.9 Å². The number of rotatable bonds is 3. The highest BCUT2D eigenvalue weighted by Gasteiger charge is 2.20. The molecule has 6 heteroatoms. The highest BCUT2D eigenvalue weighted by Crippen LogP contribution is 2.24. The number of nitro groups is 1. The molecule has 18 heavy (non-hydrogen) atoms. The number of hydrogen-bond acceptors (Lipinski definition) is 4. The van der Waals surface area contributed by atoms with Crippen LogP contribution in [0.1, 0.15) is 12.5 Å². The van der Waals surface area contributed by atoms with Gasteiger partial charge < -0.3 is 5.32 Å². The molecule has 0 bridgehead atoms. The lowest BCUT2D eigenvalue weighted by Crippen LogP contribution is -2.48. The lowest BCUT2D eigenvalue weighted by Gasteiger charge is -2.31. The maximum atomic E-state index is 11.0. The van der Waals surface area contributed by atoms with Crippen LogP contribution in [0.25, 0.3) is 0 Å². The molecule has 1 saturated heterocycles. The summed E-state index contributed by atoms with van der Waals surface area (Å²) in [6.45, 7) is 5.44. The van der Waals surface area contributed by atoms with Crippen molar-refractivity contribution in [2.75, 3.05) is 19.6 Å². The van der Waals surface area contributed by atoms with Gasteiger partial charge in [-0.15, -0.1) is 0 Å². The number of halogens is 1. The molecular formula is C12H16ClN3O2. The van der Waals surface area contributed by atoms with Gasteiger partial charge >= 0.3 is 0 Å². The maximum Gasteiger partial charge on any atom is 0.275 e. The highest BCUT2D eigenvalue weighted by molar-refractivity contribution is 6.30. The van der Waals surface area contributed by atoms with Crippen LogP contribution in [0.2, 0.25) is 5.02 Å². The molecule has 1 heterocycles. The minimum atomic E-state index is -0.368. The monoisotopic (exact) mass is 269 g/mol. The van der Waals surface area contributed by atoms with Gasteiger partial charge in [0.1, 0.15) is 0 Å². The number of hydrogen-bond donors (Lipinski definition) is 1. The van der Waals surface area contributed by atoms with E-state index in [1.165, 1.54) is 6.07 Å². The molecule has 1 N–H and O–H groups in total. The Labute approximate surface area is 111 Å². The summed E-state index contributed by atoms with van der Waals surface area (Å²) >= 11 is 5.80. The zero-order valence-corrected chi connectivity index (χ0v) is 11.0. The smallest absolute Gasteiger partial charge is 0.275 e. The Balaban J connectivity index is 2.15. The van der Waals surface area contributed by atoms with E-state index in [0.29, 0.717) is 17.6 Å². The minimum absolute atomic E-state index is 0.105. The molecule has 1 aliphatic heterocycles. The molecule has 98 valence electrons. The van der Waals surface area contributed by atoms with Gasteiger partial charge in [-0.3, -0.25) is 15.0 Å². The van der Waals surface area contributed by atoms with Gasteiger partial charge in [0.15, 0.2) is 0 Å². The highest BCUT2D eigenvalue weighted by atomic mass is 35.5. The van der Waals surface area contributed by atoms with Crippen molar-refractivity contribution in [2.24, 2.45) is 0 Å². The summed E-state index contributed by atoms with van der Waals surface area (Å²) in [6, 6.07) is 5.29. The summed E-state index contributed by atoms with van der Waals surface area (Å²) in [5.41, 5.74) is 0.826. The fourth-order valence-corrected chi connectivity index (χ4v) is 2.40. The number of nitrogens with one attached hydrogen (secondary N) is 1. The van der Waals surface area contributed by atoms with E-state index >= 15 is 0 Å². The number of piperazine rings is 1. The third-order valence-corrected chi connectivity index (χ3v) is 3.33. The average Bonchev–Trinajstić information content (AvgIpc) is 2.31. The zero-order valence-electron chi connectivity index (χ0n) is 10.2. The quantitative estimate of drug-likeness (QED) is 0.674. The van der Waals surface area contributed by atoms with Crippen LogP contribution in [0.5, 0.6) is 0 Å². The van der Waals surface area contributed by atoms with Gasteiger partial charge in [0.25, 0.3) is 5.69 Å². The van der Waals surface area contributed by atoms with Crippen LogP contribution in [0.3, 0.4) is 0 Å². The molecule has 0 saturated carbocycles. The molecule has 1 fully saturated rings. The fraction of sp³-hybridized carbons (Fsp3) is 0.500. The predicted octanol–water partition coefficient (Wildman–Crippen LogP) is 2.04. The molecular weight excluding hydrogens is 254 g/mol. The summed E-state index contributed by atoms with van der Waals surface area (Å²) in [5, 5.41) is 14.7. The number of benzene rings is 1. The molecule has 1 unspecified atom stereocenters. The predicted molar refractivity (Wildman–Crippen MR) is 70.8 cm³/mol. The van der Waals surface area contributed by atoms with Gasteiger partial charge in [-0.25, -0.2) is 0 Å². The van der Waals surface area contributed by atoms with Crippen LogP contribution < -0.4 is 5.32 Å². The first-order valence-corrected chi connectivity index (χ1v) is 6.32. The summed E-state index contributed by atoms with van der Waals surface area (Å²) in [4.78, 5) is 12.8. The second-order valence-corrected chi connectivity index (χ2v) is 5.06. The van der Waals surface area contributed by atoms with Crippen molar-refractivity contribution in [3.63, 3.8) is 0 Å². The summed E-state index contributed by atoms with van der Waals surface area (Å²) in [7, 11) is 0. The molecule has 0 aromatic heterocycles. The molecule has 1 atom stereocenters. The van der Waals surface area contributed by atoms with E-state index in [0.717, 1.165) is 25.2 Å². The van der Waals surface area contributed by atoms with Crippen molar-refractivity contribution in [3.05, 3.63) is 38.9 Å². The SMILES string of the molecule is CC1CN(Cc2ccc(Cl)cc2[N+](=O)[O-])CCN1. The normalized spacial score (nSPS) is 20.9. The van der Waals surface area contributed by atoms with Crippen molar-refractivity contribution < 1.29 is 4.92 Å². The molecule has 0 spiro atoms. The maximum absolute atomic E-state index is 11.0. The first kappa shape index (κ1) is 13.3. The second-order valence-electron chi connectivity index (χ2n) is 4.62. The lowest BCUT2D eigenvalue weighted by atomic mass is 10.1. The average molecular weight is 270 g/mol. The van der Waals surface area contributed by atoms with Crippen molar-refractivity contribution in [1.29, 1.82) is 0 Å². The largest absolute Gasteiger partial charge is 0.312 e. The molecule has 0 amide bonds. The molecule has 0 radical (unpaired) electrons. The Morgan fingerprint density at radius 3 is 3.06 bits per heavy atom. The molecule has 2 rings (SSSR count). The van der Waals surface area contributed by atoms with Gasteiger partial charge in [-0.1, -0.05) is 11.6 Å². The Morgan fingerprint density at radius 2 is 2.39 bits per heavy atom. The standard InChI is InChI=1S/C12H16ClN3O2/c1-9-7-15(5-4-14-9)8-10-2-3-11(13)6-12(10)16(17)18/h2-3,6,9,14H,4-5,7-8H2,1H3.